The third kappa shape index (κ3) is 3.14. The minimum Gasteiger partial charge on any atom is -0.347 e. The van der Waals surface area contributed by atoms with Gasteiger partial charge < -0.3 is 11.1 Å². The largest absolute Gasteiger partial charge is 0.347 e. The molecule has 1 aromatic heterocycles. The average molecular weight is 340 g/mol. The third-order valence-electron chi connectivity index (χ3n) is 2.88. The van der Waals surface area contributed by atoms with Gasteiger partial charge in [0.1, 0.15) is 11.4 Å². The number of halogens is 1. The Kier molecular flexibility index (Phi) is 4.05. The van der Waals surface area contributed by atoms with Gasteiger partial charge in [-0.3, -0.25) is 9.78 Å². The van der Waals surface area contributed by atoms with E-state index in [9.17, 15) is 9.59 Å². The standard InChI is InChI=1S/C12H14BrN5O2/c1-12(14,7-2-4-8(13)5-3-7)10(19)15-6-9-16-11(20)18-17-9/h2-5H,6,14H2,1H3,(H,15,19)(H2,16,17,18,20). The molecule has 0 bridgehead atoms. The Morgan fingerprint density at radius 2 is 2.10 bits per heavy atom. The highest BCUT2D eigenvalue weighted by molar-refractivity contribution is 9.10. The topological polar surface area (TPSA) is 117 Å². The molecule has 1 atom stereocenters. The van der Waals surface area contributed by atoms with Crippen molar-refractivity contribution in [2.45, 2.75) is 19.0 Å². The summed E-state index contributed by atoms with van der Waals surface area (Å²) in [6, 6.07) is 7.19. The maximum absolute atomic E-state index is 12.2. The normalized spacial score (nSPS) is 13.8. The number of aromatic amines is 2. The summed E-state index contributed by atoms with van der Waals surface area (Å²) in [6.07, 6.45) is 0. The number of nitrogens with one attached hydrogen (secondary N) is 3. The van der Waals surface area contributed by atoms with Crippen molar-refractivity contribution in [1.82, 2.24) is 20.5 Å². The zero-order chi connectivity index (χ0) is 14.8. The molecule has 0 aliphatic carbocycles. The summed E-state index contributed by atoms with van der Waals surface area (Å²) in [6.45, 7) is 1.72. The molecule has 1 amide bonds. The van der Waals surface area contributed by atoms with Crippen molar-refractivity contribution in [2.75, 3.05) is 0 Å². The Bertz CT molecular complexity index is 659. The maximum atomic E-state index is 12.2. The summed E-state index contributed by atoms with van der Waals surface area (Å²) in [4.78, 5) is 25.5. The molecule has 20 heavy (non-hydrogen) atoms. The molecule has 0 fully saturated rings. The predicted molar refractivity (Wildman–Crippen MR) is 76.7 cm³/mol. The summed E-state index contributed by atoms with van der Waals surface area (Å²) in [5.74, 6) is -0.0152. The van der Waals surface area contributed by atoms with Crippen LogP contribution in [0.15, 0.2) is 33.5 Å². The highest BCUT2D eigenvalue weighted by Crippen LogP contribution is 2.20. The van der Waals surface area contributed by atoms with Gasteiger partial charge in [-0.25, -0.2) is 9.89 Å². The molecule has 0 radical (unpaired) electrons. The lowest BCUT2D eigenvalue weighted by atomic mass is 9.92. The minimum absolute atomic E-state index is 0.0981. The van der Waals surface area contributed by atoms with Crippen molar-refractivity contribution in [2.24, 2.45) is 5.73 Å². The quantitative estimate of drug-likeness (QED) is 0.642. The van der Waals surface area contributed by atoms with E-state index in [-0.39, 0.29) is 12.5 Å². The second-order valence-electron chi connectivity index (χ2n) is 4.52. The number of rotatable bonds is 4. The molecular formula is C12H14BrN5O2. The summed E-state index contributed by atoms with van der Waals surface area (Å²) in [5, 5.41) is 8.56. The zero-order valence-electron chi connectivity index (χ0n) is 10.7. The van der Waals surface area contributed by atoms with Crippen LogP contribution in [-0.4, -0.2) is 21.1 Å². The van der Waals surface area contributed by atoms with Crippen molar-refractivity contribution < 1.29 is 4.79 Å². The van der Waals surface area contributed by atoms with Crippen LogP contribution in [0.1, 0.15) is 18.3 Å². The number of nitrogens with two attached hydrogens (primary N) is 1. The van der Waals surface area contributed by atoms with Gasteiger partial charge in [0, 0.05) is 4.47 Å². The van der Waals surface area contributed by atoms with Gasteiger partial charge in [-0.15, -0.1) is 0 Å². The van der Waals surface area contributed by atoms with Gasteiger partial charge >= 0.3 is 5.69 Å². The van der Waals surface area contributed by atoms with Gasteiger partial charge in [-0.2, -0.15) is 5.10 Å². The number of H-pyrrole nitrogens is 2. The molecular weight excluding hydrogens is 326 g/mol. The number of carbonyl (C=O) groups is 1. The smallest absolute Gasteiger partial charge is 0.340 e. The molecule has 0 aliphatic heterocycles. The molecule has 1 unspecified atom stereocenters. The number of hydrogen-bond acceptors (Lipinski definition) is 4. The Morgan fingerprint density at radius 1 is 1.45 bits per heavy atom. The highest BCUT2D eigenvalue weighted by Gasteiger charge is 2.30. The molecule has 7 nitrogen and oxygen atoms in total. The van der Waals surface area contributed by atoms with Crippen LogP contribution in [0, 0.1) is 0 Å². The van der Waals surface area contributed by atoms with Gasteiger partial charge in [0.05, 0.1) is 6.54 Å². The van der Waals surface area contributed by atoms with Crippen molar-refractivity contribution >= 4 is 21.8 Å². The number of hydrogen-bond donors (Lipinski definition) is 4. The predicted octanol–water partition coefficient (Wildman–Crippen LogP) is 0.351. The average Bonchev–Trinajstić information content (AvgIpc) is 2.82. The van der Waals surface area contributed by atoms with E-state index < -0.39 is 11.2 Å². The second kappa shape index (κ2) is 5.59. The summed E-state index contributed by atoms with van der Waals surface area (Å²) in [5.41, 5.74) is 5.17. The Morgan fingerprint density at radius 3 is 2.65 bits per heavy atom. The van der Waals surface area contributed by atoms with E-state index in [1.54, 1.807) is 19.1 Å². The first-order valence-electron chi connectivity index (χ1n) is 5.86. The number of nitrogens with zero attached hydrogens (tertiary/aromatic N) is 1. The maximum Gasteiger partial charge on any atom is 0.340 e. The molecule has 2 rings (SSSR count). The molecule has 1 heterocycles. The SMILES string of the molecule is CC(N)(C(=O)NCc1n[nH]c(=O)[nH]1)c1ccc(Br)cc1. The lowest BCUT2D eigenvalue weighted by molar-refractivity contribution is -0.126. The van der Waals surface area contributed by atoms with Gasteiger partial charge in [-0.1, -0.05) is 28.1 Å². The van der Waals surface area contributed by atoms with Crippen LogP contribution in [0.5, 0.6) is 0 Å². The van der Waals surface area contributed by atoms with Crippen LogP contribution in [0.3, 0.4) is 0 Å². The summed E-state index contributed by atoms with van der Waals surface area (Å²) >= 11 is 3.33. The van der Waals surface area contributed by atoms with E-state index in [0.717, 1.165) is 4.47 Å². The van der Waals surface area contributed by atoms with E-state index in [2.05, 4.69) is 36.4 Å². The van der Waals surface area contributed by atoms with Crippen LogP contribution < -0.4 is 16.7 Å². The molecule has 0 aliphatic rings. The van der Waals surface area contributed by atoms with E-state index in [4.69, 9.17) is 5.73 Å². The fraction of sp³-hybridized carbons (Fsp3) is 0.250. The number of amides is 1. The van der Waals surface area contributed by atoms with Gasteiger partial charge in [-0.05, 0) is 24.6 Å². The molecule has 106 valence electrons. The zero-order valence-corrected chi connectivity index (χ0v) is 12.3. The first kappa shape index (κ1) is 14.5. The van der Waals surface area contributed by atoms with Crippen LogP contribution in [0.25, 0.3) is 0 Å². The van der Waals surface area contributed by atoms with Crippen molar-refractivity contribution in [1.29, 1.82) is 0 Å². The van der Waals surface area contributed by atoms with Crippen LogP contribution in [-0.2, 0) is 16.9 Å². The van der Waals surface area contributed by atoms with Crippen molar-refractivity contribution in [3.8, 4) is 0 Å². The third-order valence-corrected chi connectivity index (χ3v) is 3.41. The van der Waals surface area contributed by atoms with Gasteiger partial charge in [0.2, 0.25) is 5.91 Å². The second-order valence-corrected chi connectivity index (χ2v) is 5.43. The number of benzene rings is 1. The minimum atomic E-state index is -1.17. The van der Waals surface area contributed by atoms with Crippen LogP contribution in [0.4, 0.5) is 0 Å². The van der Waals surface area contributed by atoms with E-state index in [0.29, 0.717) is 11.4 Å². The van der Waals surface area contributed by atoms with Crippen LogP contribution in [0.2, 0.25) is 0 Å². The molecule has 8 heteroatoms. The molecule has 1 aromatic carbocycles. The fourth-order valence-electron chi connectivity index (χ4n) is 1.66. The first-order valence-corrected chi connectivity index (χ1v) is 6.65. The highest BCUT2D eigenvalue weighted by atomic mass is 79.9. The molecule has 0 spiro atoms. The molecule has 0 saturated heterocycles. The van der Waals surface area contributed by atoms with E-state index in [1.165, 1.54) is 0 Å². The monoisotopic (exact) mass is 339 g/mol. The van der Waals surface area contributed by atoms with Gasteiger partial charge in [0.15, 0.2) is 0 Å². The Hall–Kier alpha value is -1.93. The number of aromatic nitrogens is 3. The molecule has 5 N–H and O–H groups in total. The number of carbonyl (C=O) groups excluding carboxylic acids is 1. The molecule has 0 saturated carbocycles. The lowest BCUT2D eigenvalue weighted by Gasteiger charge is -2.23. The van der Waals surface area contributed by atoms with Crippen molar-refractivity contribution in [3.63, 3.8) is 0 Å². The fourth-order valence-corrected chi connectivity index (χ4v) is 1.93. The van der Waals surface area contributed by atoms with Crippen molar-refractivity contribution in [3.05, 3.63) is 50.6 Å². The van der Waals surface area contributed by atoms with E-state index in [1.807, 2.05) is 12.1 Å². The summed E-state index contributed by atoms with van der Waals surface area (Å²) < 4.78 is 0.909. The Labute approximate surface area is 123 Å². The summed E-state index contributed by atoms with van der Waals surface area (Å²) in [7, 11) is 0. The van der Waals surface area contributed by atoms with Gasteiger partial charge in [0.25, 0.3) is 0 Å². The first-order chi connectivity index (χ1) is 9.39. The lowest BCUT2D eigenvalue weighted by Crippen LogP contribution is -2.48. The van der Waals surface area contributed by atoms with Crippen LogP contribution >= 0.6 is 15.9 Å². The molecule has 2 aromatic rings. The Balaban J connectivity index is 2.06. The van der Waals surface area contributed by atoms with E-state index >= 15 is 0 Å².